The van der Waals surface area contributed by atoms with Gasteiger partial charge in [-0.15, -0.1) is 0 Å². The number of fused-ring (bicyclic) bond motifs is 2. The first-order chi connectivity index (χ1) is 26.7. The number of amides is 1. The van der Waals surface area contributed by atoms with Crippen LogP contribution in [0.1, 0.15) is 87.3 Å². The van der Waals surface area contributed by atoms with Gasteiger partial charge >= 0.3 is 19.7 Å². The van der Waals surface area contributed by atoms with Crippen molar-refractivity contribution >= 4 is 56.2 Å². The van der Waals surface area contributed by atoms with Gasteiger partial charge in [-0.2, -0.15) is 15.1 Å². The van der Waals surface area contributed by atoms with Crippen molar-refractivity contribution in [1.82, 2.24) is 19.7 Å². The van der Waals surface area contributed by atoms with Crippen LogP contribution in [0, 0.1) is 0 Å². The molecule has 5 rings (SSSR count). The number of hydrogen-bond acceptors (Lipinski definition) is 15. The van der Waals surface area contributed by atoms with Crippen molar-refractivity contribution in [3.63, 3.8) is 0 Å². The minimum Gasteiger partial charge on any atom is -0.463 e. The van der Waals surface area contributed by atoms with E-state index in [0.29, 0.717) is 12.0 Å². The van der Waals surface area contributed by atoms with Crippen molar-refractivity contribution < 1.29 is 56.4 Å². The van der Waals surface area contributed by atoms with Gasteiger partial charge in [0.1, 0.15) is 23.9 Å². The summed E-state index contributed by atoms with van der Waals surface area (Å²) in [6, 6.07) is 0.613. The van der Waals surface area contributed by atoms with Gasteiger partial charge in [-0.25, -0.2) is 14.3 Å². The molecule has 1 unspecified atom stereocenters. The molecule has 1 aliphatic carbocycles. The van der Waals surface area contributed by atoms with Crippen LogP contribution in [-0.4, -0.2) is 121 Å². The maximum Gasteiger partial charge on any atom is 0.416 e. The predicted octanol–water partition coefficient (Wildman–Crippen LogP) is 7.48. The number of carbonyl (C=O) groups is 2. The average molecular weight is 862 g/mol. The number of hydrogen-bond donors (Lipinski definition) is 0. The van der Waals surface area contributed by atoms with Gasteiger partial charge in [0.15, 0.2) is 23.5 Å². The Morgan fingerprint density at radius 3 is 2.28 bits per heavy atom. The molecule has 20 heteroatoms. The molecule has 2 saturated heterocycles. The van der Waals surface area contributed by atoms with E-state index >= 15 is 0 Å². The van der Waals surface area contributed by atoms with Crippen LogP contribution >= 0.6 is 19.2 Å². The van der Waals surface area contributed by atoms with Crippen LogP contribution in [0.15, 0.2) is 6.20 Å². The highest BCUT2D eigenvalue weighted by molar-refractivity contribution is 7.56. The summed E-state index contributed by atoms with van der Waals surface area (Å²) in [5, 5.41) is 2.71. The number of ether oxygens (including phenoxy) is 7. The third kappa shape index (κ3) is 10.4. The number of anilines is 1. The Hall–Kier alpha value is -2.25. The molecule has 0 aromatic carbocycles. The van der Waals surface area contributed by atoms with Gasteiger partial charge in [0.2, 0.25) is 5.28 Å². The van der Waals surface area contributed by atoms with Crippen LogP contribution in [0.2, 0.25) is 31.0 Å². The lowest BCUT2D eigenvalue weighted by Crippen LogP contribution is -2.50. The highest BCUT2D eigenvalue weighted by Crippen LogP contribution is 2.61. The Labute approximate surface area is 341 Å². The third-order valence-electron chi connectivity index (χ3n) is 9.70. The maximum atomic E-state index is 14.7. The molecule has 0 N–H and O–H groups in total. The van der Waals surface area contributed by atoms with Gasteiger partial charge in [-0.3, -0.25) is 9.46 Å². The van der Waals surface area contributed by atoms with Gasteiger partial charge in [0.25, 0.3) is 5.34 Å². The standard InChI is InChI=1S/C37H61ClN5O12PSi/c1-12-48-32(44)37(23-47-19-20-57(9,10)11,56(46,50-13-2)51-14-3)49-22-26-27-28(54-36(7,8)53-27)31(52-26)43-30-25(21-39-43)29(40-33(38)41-30)42(24-17-15-16-18-24)34(45)55-35(4,5)6/h21,24,26-28,31H,12-20,22-23H2,1-11H3/t26-,27-,28-,31-,37?/m1/s1. The lowest BCUT2D eigenvalue weighted by atomic mass is 10.1. The number of carbonyl (C=O) groups excluding carboxylic acids is 2. The zero-order chi connectivity index (χ0) is 42.0. The summed E-state index contributed by atoms with van der Waals surface area (Å²) >= 11 is 6.60. The molecule has 2 aliphatic heterocycles. The number of nitrogens with zero attached hydrogens (tertiary/aromatic N) is 5. The van der Waals surface area contributed by atoms with Crippen LogP contribution in [0.25, 0.3) is 11.0 Å². The predicted molar refractivity (Wildman–Crippen MR) is 214 cm³/mol. The molecule has 17 nitrogen and oxygen atoms in total. The molecule has 0 radical (unpaired) electrons. The lowest BCUT2D eigenvalue weighted by molar-refractivity contribution is -0.210. The second kappa shape index (κ2) is 18.2. The molecule has 0 bridgehead atoms. The van der Waals surface area contributed by atoms with E-state index in [1.54, 1.807) is 45.7 Å². The molecule has 3 fully saturated rings. The second-order valence-electron chi connectivity index (χ2n) is 17.1. The summed E-state index contributed by atoms with van der Waals surface area (Å²) in [4.78, 5) is 38.4. The van der Waals surface area contributed by atoms with Crippen molar-refractivity contribution in [3.8, 4) is 0 Å². The van der Waals surface area contributed by atoms with E-state index < -0.39 is 75.6 Å². The van der Waals surface area contributed by atoms with Crippen molar-refractivity contribution in [3.05, 3.63) is 11.5 Å². The first-order valence-corrected chi connectivity index (χ1v) is 25.5. The molecule has 1 saturated carbocycles. The fourth-order valence-corrected chi connectivity index (χ4v) is 10.1. The van der Waals surface area contributed by atoms with Crippen LogP contribution in [0.4, 0.5) is 10.6 Å². The molecular weight excluding hydrogens is 801 g/mol. The van der Waals surface area contributed by atoms with Gasteiger partial charge in [0, 0.05) is 20.7 Å². The lowest BCUT2D eigenvalue weighted by Gasteiger charge is -2.37. The molecule has 1 amide bonds. The number of rotatable bonds is 18. The van der Waals surface area contributed by atoms with E-state index in [4.69, 9.17) is 53.8 Å². The monoisotopic (exact) mass is 861 g/mol. The first kappa shape index (κ1) is 45.8. The summed E-state index contributed by atoms with van der Waals surface area (Å²) in [6.07, 6.45) is 1.05. The number of aromatic nitrogens is 4. The molecule has 2 aromatic rings. The second-order valence-corrected chi connectivity index (χ2v) is 25.3. The highest BCUT2D eigenvalue weighted by Gasteiger charge is 2.63. The largest absolute Gasteiger partial charge is 0.463 e. The van der Waals surface area contributed by atoms with Crippen LogP contribution in [0.5, 0.6) is 0 Å². The fraction of sp³-hybridized carbons (Fsp3) is 0.811. The summed E-state index contributed by atoms with van der Waals surface area (Å²) in [6.45, 7) is 19.9. The summed E-state index contributed by atoms with van der Waals surface area (Å²) in [5.74, 6) is -1.74. The molecule has 57 heavy (non-hydrogen) atoms. The molecular formula is C37H61ClN5O12PSi. The zero-order valence-electron chi connectivity index (χ0n) is 35.2. The quantitative estimate of drug-likeness (QED) is 0.0473. The number of halogens is 1. The smallest absolute Gasteiger partial charge is 0.416 e. The van der Waals surface area contributed by atoms with Crippen LogP contribution in [-0.2, 0) is 51.6 Å². The van der Waals surface area contributed by atoms with Crippen LogP contribution in [0.3, 0.4) is 0 Å². The Morgan fingerprint density at radius 1 is 1.04 bits per heavy atom. The van der Waals surface area contributed by atoms with E-state index in [-0.39, 0.29) is 49.2 Å². The molecule has 0 spiro atoms. The molecule has 2 aromatic heterocycles. The first-order valence-electron chi connectivity index (χ1n) is 19.9. The average Bonchev–Trinajstić information content (AvgIpc) is 3.88. The third-order valence-corrected chi connectivity index (χ3v) is 14.1. The van der Waals surface area contributed by atoms with Gasteiger partial charge in [0.05, 0.1) is 44.6 Å². The van der Waals surface area contributed by atoms with Gasteiger partial charge < -0.3 is 42.2 Å². The normalized spacial score (nSPS) is 23.8. The van der Waals surface area contributed by atoms with Crippen LogP contribution < -0.4 is 4.90 Å². The fourth-order valence-electron chi connectivity index (χ4n) is 7.19. The van der Waals surface area contributed by atoms with Crippen molar-refractivity contribution in [2.75, 3.05) is 44.5 Å². The molecule has 4 heterocycles. The van der Waals surface area contributed by atoms with Crippen molar-refractivity contribution in [2.24, 2.45) is 0 Å². The highest BCUT2D eigenvalue weighted by atomic mass is 35.5. The Bertz CT molecular complexity index is 1760. The van der Waals surface area contributed by atoms with Gasteiger partial charge in [-0.1, -0.05) is 32.5 Å². The Kier molecular flexibility index (Phi) is 14.6. The number of esters is 1. The van der Waals surface area contributed by atoms with E-state index in [9.17, 15) is 14.2 Å². The van der Waals surface area contributed by atoms with Crippen molar-refractivity contribution in [2.45, 2.75) is 154 Å². The van der Waals surface area contributed by atoms with E-state index in [1.807, 2.05) is 20.8 Å². The van der Waals surface area contributed by atoms with Gasteiger partial charge in [-0.05, 0) is 85.9 Å². The van der Waals surface area contributed by atoms with E-state index in [2.05, 4.69) is 34.7 Å². The minimum atomic E-state index is -4.41. The molecule has 5 atom stereocenters. The zero-order valence-corrected chi connectivity index (χ0v) is 37.9. The molecule has 322 valence electrons. The van der Waals surface area contributed by atoms with E-state index in [0.717, 1.165) is 31.7 Å². The summed E-state index contributed by atoms with van der Waals surface area (Å²) < 4.78 is 71.0. The Balaban J connectivity index is 1.52. The SMILES string of the molecule is CCOC(=O)C(COCC[Si](C)(C)C)(OC[C@H]1O[C@@H](n2ncc3c(N(C(=O)OC(C)(C)C)C4CCCC4)nc(Cl)nc32)[C@@H]2OC(C)(C)O[C@@H]21)P(=O)(OCC)OCC. The van der Waals surface area contributed by atoms with Crippen molar-refractivity contribution in [1.29, 1.82) is 0 Å². The maximum absolute atomic E-state index is 14.7. The summed E-state index contributed by atoms with van der Waals surface area (Å²) in [5.41, 5.74) is -0.474. The Morgan fingerprint density at radius 2 is 1.68 bits per heavy atom. The summed E-state index contributed by atoms with van der Waals surface area (Å²) in [7, 11) is -5.96. The van der Waals surface area contributed by atoms with E-state index in [1.165, 1.54) is 4.68 Å². The topological polar surface area (TPSA) is 181 Å². The minimum absolute atomic E-state index is 0.0280. The molecule has 3 aliphatic rings.